The third kappa shape index (κ3) is 23.0. The largest absolute Gasteiger partial charge is 0.465 e. The molecule has 2 heteroatoms. The fourth-order valence-corrected chi connectivity index (χ4v) is 4.97. The van der Waals surface area contributed by atoms with Crippen molar-refractivity contribution in [3.8, 4) is 0 Å². The molecule has 0 aromatic rings. The summed E-state index contributed by atoms with van der Waals surface area (Å²) in [5.74, 6) is 1.41. The van der Waals surface area contributed by atoms with Crippen LogP contribution in [0.3, 0.4) is 0 Å². The third-order valence-electron chi connectivity index (χ3n) is 7.40. The summed E-state index contributed by atoms with van der Waals surface area (Å²) >= 11 is 0. The molecule has 0 aliphatic heterocycles. The molecule has 0 aromatic heterocycles. The van der Waals surface area contributed by atoms with Gasteiger partial charge in [0.2, 0.25) is 0 Å². The molecule has 0 aliphatic carbocycles. The molecule has 0 rings (SSSR count). The molecule has 198 valence electrons. The van der Waals surface area contributed by atoms with Crippen molar-refractivity contribution in [2.75, 3.05) is 6.61 Å². The zero-order chi connectivity index (χ0) is 24.6. The lowest BCUT2D eigenvalue weighted by atomic mass is 9.88. The minimum absolute atomic E-state index is 0.0120. The molecule has 0 aliphatic rings. The van der Waals surface area contributed by atoms with Crippen molar-refractivity contribution in [1.82, 2.24) is 0 Å². The van der Waals surface area contributed by atoms with Crippen LogP contribution >= 0.6 is 0 Å². The van der Waals surface area contributed by atoms with Gasteiger partial charge in [0, 0.05) is 0 Å². The van der Waals surface area contributed by atoms with E-state index in [2.05, 4.69) is 27.7 Å². The average molecular weight is 467 g/mol. The highest BCUT2D eigenvalue weighted by atomic mass is 16.5. The zero-order valence-corrected chi connectivity index (χ0v) is 23.6. The normalized spacial score (nSPS) is 14.2. The number of unbranched alkanes of at least 4 members (excludes halogenated alkanes) is 17. The van der Waals surface area contributed by atoms with Gasteiger partial charge in [-0.3, -0.25) is 4.79 Å². The third-order valence-corrected chi connectivity index (χ3v) is 7.40. The van der Waals surface area contributed by atoms with Gasteiger partial charge < -0.3 is 4.74 Å². The van der Waals surface area contributed by atoms with Gasteiger partial charge in [0.25, 0.3) is 0 Å². The number of carbonyl (C=O) groups is 1. The first-order valence-electron chi connectivity index (χ1n) is 15.2. The Morgan fingerprint density at radius 1 is 0.545 bits per heavy atom. The number of carbonyl (C=O) groups excluding carboxylic acids is 1. The highest BCUT2D eigenvalue weighted by Crippen LogP contribution is 2.22. The molecule has 0 radical (unpaired) electrons. The summed E-state index contributed by atoms with van der Waals surface area (Å²) in [5, 5.41) is 0. The number of hydrogen-bond acceptors (Lipinski definition) is 2. The maximum atomic E-state index is 12.2. The summed E-state index contributed by atoms with van der Waals surface area (Å²) in [6.07, 6.45) is 28.3. The first kappa shape index (κ1) is 32.5. The summed E-state index contributed by atoms with van der Waals surface area (Å²) in [6, 6.07) is 0. The molecule has 0 aromatic carbocycles. The van der Waals surface area contributed by atoms with E-state index in [9.17, 15) is 4.79 Å². The van der Waals surface area contributed by atoms with E-state index in [4.69, 9.17) is 4.74 Å². The second-order valence-electron chi connectivity index (χ2n) is 11.2. The Hall–Kier alpha value is -0.530. The first-order valence-corrected chi connectivity index (χ1v) is 15.2. The molecule has 3 atom stereocenters. The Balaban J connectivity index is 3.32. The molecule has 0 fully saturated rings. The average Bonchev–Trinajstić information content (AvgIpc) is 2.80. The quantitative estimate of drug-likeness (QED) is 0.0987. The first-order chi connectivity index (χ1) is 16.0. The van der Waals surface area contributed by atoms with Crippen LogP contribution in [0, 0.1) is 17.8 Å². The van der Waals surface area contributed by atoms with E-state index in [-0.39, 0.29) is 11.9 Å². The second-order valence-corrected chi connectivity index (χ2v) is 11.2. The number of esters is 1. The van der Waals surface area contributed by atoms with E-state index < -0.39 is 0 Å². The van der Waals surface area contributed by atoms with Crippen molar-refractivity contribution < 1.29 is 9.53 Å². The minimum Gasteiger partial charge on any atom is -0.465 e. The molecule has 0 heterocycles. The number of rotatable bonds is 25. The summed E-state index contributed by atoms with van der Waals surface area (Å²) in [4.78, 5) is 12.2. The molecule has 0 saturated carbocycles. The Morgan fingerprint density at radius 3 is 1.33 bits per heavy atom. The number of ether oxygens (including phenoxy) is 1. The molecule has 2 nitrogen and oxygen atoms in total. The van der Waals surface area contributed by atoms with E-state index in [0.717, 1.165) is 18.8 Å². The Bertz CT molecular complexity index is 406. The Labute approximate surface area is 209 Å². The molecule has 0 bridgehead atoms. The van der Waals surface area contributed by atoms with Gasteiger partial charge in [-0.25, -0.2) is 0 Å². The van der Waals surface area contributed by atoms with Gasteiger partial charge in [-0.1, -0.05) is 150 Å². The van der Waals surface area contributed by atoms with E-state index in [1.165, 1.54) is 122 Å². The van der Waals surface area contributed by atoms with Gasteiger partial charge in [-0.05, 0) is 31.1 Å². The topological polar surface area (TPSA) is 26.3 Å². The summed E-state index contributed by atoms with van der Waals surface area (Å²) < 4.78 is 5.53. The Morgan fingerprint density at radius 2 is 0.939 bits per heavy atom. The van der Waals surface area contributed by atoms with Crippen molar-refractivity contribution in [3.05, 3.63) is 0 Å². The van der Waals surface area contributed by atoms with Crippen LogP contribution in [-0.4, -0.2) is 12.6 Å². The van der Waals surface area contributed by atoms with E-state index in [0.29, 0.717) is 12.5 Å². The van der Waals surface area contributed by atoms with Crippen LogP contribution < -0.4 is 0 Å². The minimum atomic E-state index is 0.0120. The smallest absolute Gasteiger partial charge is 0.308 e. The maximum absolute atomic E-state index is 12.2. The molecular weight excluding hydrogens is 404 g/mol. The lowest BCUT2D eigenvalue weighted by Crippen LogP contribution is -2.18. The van der Waals surface area contributed by atoms with Gasteiger partial charge >= 0.3 is 5.97 Å². The van der Waals surface area contributed by atoms with Crippen molar-refractivity contribution >= 4 is 5.97 Å². The lowest BCUT2D eigenvalue weighted by molar-refractivity contribution is -0.148. The molecule has 3 unspecified atom stereocenters. The predicted octanol–water partition coefficient (Wildman–Crippen LogP) is 10.7. The SMILES string of the molecule is CCCCCCCCCCCCCCCCCCCCOC(=O)C(C)CC(C)CC(C)CC. The maximum Gasteiger partial charge on any atom is 0.308 e. The molecular formula is C31H62O2. The van der Waals surface area contributed by atoms with E-state index in [1.807, 2.05) is 6.92 Å². The molecule has 0 amide bonds. The van der Waals surface area contributed by atoms with Crippen molar-refractivity contribution in [2.24, 2.45) is 17.8 Å². The highest BCUT2D eigenvalue weighted by Gasteiger charge is 2.18. The predicted molar refractivity (Wildman–Crippen MR) is 147 cm³/mol. The van der Waals surface area contributed by atoms with Crippen LogP contribution in [0.1, 0.15) is 169 Å². The van der Waals surface area contributed by atoms with Crippen molar-refractivity contribution in [1.29, 1.82) is 0 Å². The van der Waals surface area contributed by atoms with E-state index in [1.54, 1.807) is 0 Å². The van der Waals surface area contributed by atoms with Gasteiger partial charge in [-0.15, -0.1) is 0 Å². The molecule has 33 heavy (non-hydrogen) atoms. The molecule has 0 spiro atoms. The van der Waals surface area contributed by atoms with Crippen LogP contribution in [0.4, 0.5) is 0 Å². The van der Waals surface area contributed by atoms with Crippen LogP contribution in [0.15, 0.2) is 0 Å². The van der Waals surface area contributed by atoms with Gasteiger partial charge in [0.05, 0.1) is 12.5 Å². The molecule has 0 N–H and O–H groups in total. The van der Waals surface area contributed by atoms with Crippen LogP contribution in [-0.2, 0) is 9.53 Å². The van der Waals surface area contributed by atoms with E-state index >= 15 is 0 Å². The summed E-state index contributed by atoms with van der Waals surface area (Å²) in [7, 11) is 0. The fourth-order valence-electron chi connectivity index (χ4n) is 4.97. The summed E-state index contributed by atoms with van der Waals surface area (Å²) in [6.45, 7) is 11.8. The van der Waals surface area contributed by atoms with Gasteiger partial charge in [-0.2, -0.15) is 0 Å². The number of hydrogen-bond donors (Lipinski definition) is 0. The van der Waals surface area contributed by atoms with Crippen LogP contribution in [0.5, 0.6) is 0 Å². The van der Waals surface area contributed by atoms with Crippen LogP contribution in [0.2, 0.25) is 0 Å². The van der Waals surface area contributed by atoms with Crippen molar-refractivity contribution in [3.63, 3.8) is 0 Å². The van der Waals surface area contributed by atoms with Gasteiger partial charge in [0.15, 0.2) is 0 Å². The van der Waals surface area contributed by atoms with Crippen LogP contribution in [0.25, 0.3) is 0 Å². The van der Waals surface area contributed by atoms with Gasteiger partial charge in [0.1, 0.15) is 0 Å². The lowest BCUT2D eigenvalue weighted by Gasteiger charge is -2.19. The highest BCUT2D eigenvalue weighted by molar-refractivity contribution is 5.71. The second kappa shape index (κ2) is 24.6. The fraction of sp³-hybridized carbons (Fsp3) is 0.968. The Kier molecular flexibility index (Phi) is 24.2. The molecule has 0 saturated heterocycles. The standard InChI is InChI=1S/C31H62O2/c1-6-8-9-10-11-12-13-14-15-16-17-18-19-20-21-22-23-24-25-33-31(32)30(5)27-29(4)26-28(3)7-2/h28-30H,6-27H2,1-5H3. The van der Waals surface area contributed by atoms with Crippen molar-refractivity contribution in [2.45, 2.75) is 169 Å². The zero-order valence-electron chi connectivity index (χ0n) is 23.6. The monoisotopic (exact) mass is 466 g/mol. The summed E-state index contributed by atoms with van der Waals surface area (Å²) in [5.41, 5.74) is 0.